The highest BCUT2D eigenvalue weighted by molar-refractivity contribution is 5.95. The number of hydrogen-bond donors (Lipinski definition) is 1. The van der Waals surface area contributed by atoms with E-state index >= 15 is 0 Å². The number of alkyl halides is 2. The van der Waals surface area contributed by atoms with Crippen LogP contribution in [0.1, 0.15) is 48.9 Å². The molecule has 1 aliphatic carbocycles. The van der Waals surface area contributed by atoms with Crippen LogP contribution in [-0.2, 0) is 19.4 Å². The van der Waals surface area contributed by atoms with E-state index in [-0.39, 0.29) is 24.7 Å². The molecule has 8 nitrogen and oxygen atoms in total. The first-order valence-corrected chi connectivity index (χ1v) is 11.3. The van der Waals surface area contributed by atoms with Crippen molar-refractivity contribution in [2.45, 2.75) is 56.9 Å². The van der Waals surface area contributed by atoms with E-state index in [2.05, 4.69) is 19.6 Å². The summed E-state index contributed by atoms with van der Waals surface area (Å²) >= 11 is 0. The molecular formula is C23H25F2N7O. The second-order valence-electron chi connectivity index (χ2n) is 9.21. The van der Waals surface area contributed by atoms with E-state index in [0.29, 0.717) is 22.8 Å². The summed E-state index contributed by atoms with van der Waals surface area (Å²) in [5.41, 5.74) is 8.64. The van der Waals surface area contributed by atoms with Crippen LogP contribution in [0, 0.1) is 5.92 Å². The average molecular weight is 453 g/mol. The van der Waals surface area contributed by atoms with E-state index in [9.17, 15) is 8.78 Å². The van der Waals surface area contributed by atoms with Crippen LogP contribution in [0.25, 0.3) is 16.6 Å². The molecule has 0 bridgehead atoms. The van der Waals surface area contributed by atoms with E-state index < -0.39 is 5.92 Å². The smallest absolute Gasteiger partial charge is 0.249 e. The van der Waals surface area contributed by atoms with E-state index in [0.717, 1.165) is 55.0 Å². The Balaban J connectivity index is 1.18. The van der Waals surface area contributed by atoms with Gasteiger partial charge >= 0.3 is 0 Å². The molecule has 1 fully saturated rings. The number of benzene rings is 1. The molecule has 3 aromatic heterocycles. The molecule has 0 amide bonds. The molecule has 6 rings (SSSR count). The summed E-state index contributed by atoms with van der Waals surface area (Å²) in [6, 6.07) is 5.69. The molecule has 1 unspecified atom stereocenters. The molecule has 2 aliphatic rings. The number of methoxy groups -OCH3 is 1. The number of aryl methyl sites for hydroxylation is 1. The van der Waals surface area contributed by atoms with Gasteiger partial charge in [0, 0.05) is 49.0 Å². The SMILES string of the molecule is COc1cccc2c1nc(N)n1nc(CCC3CCn4c(cnc4C4CC(F)(F)C4)C3)nc21. The van der Waals surface area contributed by atoms with Crippen molar-refractivity contribution in [2.75, 3.05) is 12.8 Å². The van der Waals surface area contributed by atoms with E-state index in [4.69, 9.17) is 15.5 Å². The first-order chi connectivity index (χ1) is 15.9. The third-order valence-electron chi connectivity index (χ3n) is 7.01. The minimum atomic E-state index is -2.52. The zero-order valence-corrected chi connectivity index (χ0v) is 18.3. The van der Waals surface area contributed by atoms with Gasteiger partial charge in [-0.25, -0.2) is 23.7 Å². The van der Waals surface area contributed by atoms with Crippen molar-refractivity contribution in [3.05, 3.63) is 41.7 Å². The van der Waals surface area contributed by atoms with Crippen LogP contribution in [0.5, 0.6) is 5.75 Å². The van der Waals surface area contributed by atoms with Gasteiger partial charge in [-0.05, 0) is 37.3 Å². The highest BCUT2D eigenvalue weighted by atomic mass is 19.3. The van der Waals surface area contributed by atoms with Crippen molar-refractivity contribution in [2.24, 2.45) is 5.92 Å². The number of para-hydroxylation sites is 1. The minimum Gasteiger partial charge on any atom is -0.494 e. The molecule has 1 atom stereocenters. The molecule has 2 N–H and O–H groups in total. The molecule has 0 spiro atoms. The number of nitrogens with zero attached hydrogens (tertiary/aromatic N) is 6. The molecule has 33 heavy (non-hydrogen) atoms. The van der Waals surface area contributed by atoms with Gasteiger partial charge in [0.2, 0.25) is 11.9 Å². The van der Waals surface area contributed by atoms with Gasteiger partial charge in [0.1, 0.15) is 17.1 Å². The Kier molecular flexibility index (Phi) is 4.53. The number of halogens is 2. The third-order valence-corrected chi connectivity index (χ3v) is 7.01. The molecule has 172 valence electrons. The Hall–Kier alpha value is -3.30. The maximum absolute atomic E-state index is 13.3. The maximum Gasteiger partial charge on any atom is 0.249 e. The lowest BCUT2D eigenvalue weighted by Crippen LogP contribution is -2.36. The van der Waals surface area contributed by atoms with Crippen LogP contribution in [0.3, 0.4) is 0 Å². The zero-order chi connectivity index (χ0) is 22.7. The van der Waals surface area contributed by atoms with Crippen LogP contribution >= 0.6 is 0 Å². The number of hydrogen-bond acceptors (Lipinski definition) is 6. The number of nitrogen functional groups attached to an aromatic ring is 1. The average Bonchev–Trinajstić information content (AvgIpc) is 3.40. The van der Waals surface area contributed by atoms with Gasteiger partial charge in [-0.2, -0.15) is 4.52 Å². The quantitative estimate of drug-likeness (QED) is 0.494. The van der Waals surface area contributed by atoms with Crippen molar-refractivity contribution in [1.29, 1.82) is 0 Å². The van der Waals surface area contributed by atoms with Crippen molar-refractivity contribution < 1.29 is 13.5 Å². The Morgan fingerprint density at radius 3 is 2.88 bits per heavy atom. The summed E-state index contributed by atoms with van der Waals surface area (Å²) in [6.07, 6.45) is 5.27. The number of aromatic nitrogens is 6. The molecule has 1 aromatic carbocycles. The second kappa shape index (κ2) is 7.36. The fourth-order valence-corrected chi connectivity index (χ4v) is 5.25. The number of ether oxygens (including phenoxy) is 1. The Morgan fingerprint density at radius 1 is 1.24 bits per heavy atom. The molecule has 4 aromatic rings. The summed E-state index contributed by atoms with van der Waals surface area (Å²) < 4.78 is 35.7. The Labute approximate surface area is 188 Å². The number of rotatable bonds is 5. The summed E-state index contributed by atoms with van der Waals surface area (Å²) in [5.74, 6) is 0.331. The Bertz CT molecular complexity index is 1350. The van der Waals surface area contributed by atoms with Gasteiger partial charge in [0.05, 0.1) is 7.11 Å². The normalized spacial score (nSPS) is 20.2. The molecule has 10 heteroatoms. The number of anilines is 1. The fourth-order valence-electron chi connectivity index (χ4n) is 5.25. The maximum atomic E-state index is 13.3. The first-order valence-electron chi connectivity index (χ1n) is 11.3. The fraction of sp³-hybridized carbons (Fsp3) is 0.478. The van der Waals surface area contributed by atoms with Gasteiger partial charge in [-0.3, -0.25) is 0 Å². The predicted molar refractivity (Wildman–Crippen MR) is 119 cm³/mol. The minimum absolute atomic E-state index is 0.0784. The topological polar surface area (TPSA) is 96.2 Å². The predicted octanol–water partition coefficient (Wildman–Crippen LogP) is 3.77. The van der Waals surface area contributed by atoms with E-state index in [1.165, 1.54) is 0 Å². The van der Waals surface area contributed by atoms with Crippen LogP contribution in [0.4, 0.5) is 14.7 Å². The number of fused-ring (bicyclic) bond motifs is 4. The van der Waals surface area contributed by atoms with Crippen LogP contribution in [-0.4, -0.2) is 42.2 Å². The van der Waals surface area contributed by atoms with Crippen molar-refractivity contribution >= 4 is 22.5 Å². The van der Waals surface area contributed by atoms with Crippen LogP contribution < -0.4 is 10.5 Å². The number of imidazole rings is 1. The Morgan fingerprint density at radius 2 is 2.09 bits per heavy atom. The summed E-state index contributed by atoms with van der Waals surface area (Å²) in [6.45, 7) is 0.831. The van der Waals surface area contributed by atoms with Gasteiger partial charge in [-0.15, -0.1) is 5.10 Å². The highest BCUT2D eigenvalue weighted by Gasteiger charge is 2.48. The van der Waals surface area contributed by atoms with Crippen molar-refractivity contribution in [3.8, 4) is 5.75 Å². The molecule has 1 aliphatic heterocycles. The molecule has 0 saturated heterocycles. The molecule has 1 saturated carbocycles. The summed E-state index contributed by atoms with van der Waals surface area (Å²) in [4.78, 5) is 13.7. The van der Waals surface area contributed by atoms with Gasteiger partial charge in [-0.1, -0.05) is 6.07 Å². The lowest BCUT2D eigenvalue weighted by atomic mass is 9.80. The largest absolute Gasteiger partial charge is 0.494 e. The van der Waals surface area contributed by atoms with Crippen LogP contribution in [0.15, 0.2) is 24.4 Å². The monoisotopic (exact) mass is 453 g/mol. The third kappa shape index (κ3) is 3.39. The van der Waals surface area contributed by atoms with E-state index in [1.54, 1.807) is 11.6 Å². The highest BCUT2D eigenvalue weighted by Crippen LogP contribution is 2.48. The van der Waals surface area contributed by atoms with Crippen LogP contribution in [0.2, 0.25) is 0 Å². The van der Waals surface area contributed by atoms with Gasteiger partial charge < -0.3 is 15.0 Å². The lowest BCUT2D eigenvalue weighted by Gasteiger charge is -2.35. The van der Waals surface area contributed by atoms with E-state index in [1.807, 2.05) is 24.4 Å². The van der Waals surface area contributed by atoms with Gasteiger partial charge in [0.15, 0.2) is 11.5 Å². The summed E-state index contributed by atoms with van der Waals surface area (Å²) in [5, 5.41) is 5.44. The summed E-state index contributed by atoms with van der Waals surface area (Å²) in [7, 11) is 1.60. The first kappa shape index (κ1) is 20.3. The molecule has 4 heterocycles. The van der Waals surface area contributed by atoms with Gasteiger partial charge in [0.25, 0.3) is 0 Å². The van der Waals surface area contributed by atoms with Crippen molar-refractivity contribution in [1.82, 2.24) is 29.1 Å². The second-order valence-corrected chi connectivity index (χ2v) is 9.21. The lowest BCUT2D eigenvalue weighted by molar-refractivity contribution is -0.0892. The molecular weight excluding hydrogens is 428 g/mol. The van der Waals surface area contributed by atoms with Crippen molar-refractivity contribution in [3.63, 3.8) is 0 Å². The standard InChI is InChI=1S/C23H25F2N7O/c1-33-17-4-2-3-16-19(17)29-22(26)32-21(16)28-18(30-32)6-5-13-7-8-31-15(9-13)12-27-20(31)14-10-23(24,25)11-14/h2-4,12-14H,5-11H2,1H3,(H2,26,29). The number of nitrogens with two attached hydrogens (primary N) is 1. The zero-order valence-electron chi connectivity index (χ0n) is 18.3. The molecule has 0 radical (unpaired) electrons.